The van der Waals surface area contributed by atoms with E-state index >= 15 is 0 Å². The number of hydrogen-bond donors (Lipinski definition) is 0. The number of nitrogens with zero attached hydrogens (tertiary/aromatic N) is 1. The highest BCUT2D eigenvalue weighted by Crippen LogP contribution is 2.37. The molecule has 1 fully saturated rings. The lowest BCUT2D eigenvalue weighted by atomic mass is 9.83. The molecule has 3 heteroatoms. The van der Waals surface area contributed by atoms with E-state index in [1.165, 1.54) is 11.1 Å². The predicted octanol–water partition coefficient (Wildman–Crippen LogP) is 5.68. The van der Waals surface area contributed by atoms with Gasteiger partial charge >= 0.3 is 6.09 Å². The second kappa shape index (κ2) is 7.83. The largest absolute Gasteiger partial charge is 0.445 e. The van der Waals surface area contributed by atoms with E-state index in [1.54, 1.807) is 0 Å². The summed E-state index contributed by atoms with van der Waals surface area (Å²) < 4.78 is 5.63. The molecule has 2 heterocycles. The van der Waals surface area contributed by atoms with Crippen LogP contribution in [0.4, 0.5) is 4.79 Å². The molecule has 2 aliphatic heterocycles. The van der Waals surface area contributed by atoms with Crippen LogP contribution in [0.15, 0.2) is 67.3 Å². The van der Waals surface area contributed by atoms with Crippen LogP contribution in [0.5, 0.6) is 0 Å². The van der Waals surface area contributed by atoms with Crippen LogP contribution in [0.1, 0.15) is 42.4 Å². The quantitative estimate of drug-likeness (QED) is 0.703. The molecule has 0 N–H and O–H groups in total. The van der Waals surface area contributed by atoms with Crippen molar-refractivity contribution in [1.29, 1.82) is 0 Å². The lowest BCUT2D eigenvalue weighted by Gasteiger charge is -2.44. The molecule has 2 bridgehead atoms. The van der Waals surface area contributed by atoms with E-state index in [4.69, 9.17) is 4.74 Å². The zero-order valence-corrected chi connectivity index (χ0v) is 15.5. The highest BCUT2D eigenvalue weighted by Gasteiger charge is 2.38. The van der Waals surface area contributed by atoms with Crippen molar-refractivity contribution in [2.24, 2.45) is 0 Å². The predicted molar refractivity (Wildman–Crippen MR) is 109 cm³/mol. The van der Waals surface area contributed by atoms with Crippen LogP contribution in [0.25, 0.3) is 11.6 Å². The number of benzene rings is 2. The van der Waals surface area contributed by atoms with Crippen LogP contribution in [0, 0.1) is 0 Å². The van der Waals surface area contributed by atoms with Crippen molar-refractivity contribution < 1.29 is 9.53 Å². The molecule has 0 spiro atoms. The van der Waals surface area contributed by atoms with Crippen LogP contribution in [-0.2, 0) is 11.3 Å². The van der Waals surface area contributed by atoms with Crippen molar-refractivity contribution in [2.45, 2.75) is 44.4 Å². The molecule has 2 aromatic rings. The summed E-state index contributed by atoms with van der Waals surface area (Å²) in [5.41, 5.74) is 4.72. The summed E-state index contributed by atoms with van der Waals surface area (Å²) in [5, 5.41) is 0. The van der Waals surface area contributed by atoms with E-state index in [1.807, 2.05) is 41.3 Å². The number of rotatable bonds is 4. The molecule has 2 aliphatic rings. The number of piperidine rings is 1. The van der Waals surface area contributed by atoms with E-state index in [2.05, 4.69) is 36.9 Å². The Morgan fingerprint density at radius 1 is 1.15 bits per heavy atom. The fourth-order valence-corrected chi connectivity index (χ4v) is 4.19. The Hall–Kier alpha value is -2.81. The summed E-state index contributed by atoms with van der Waals surface area (Å²) in [7, 11) is 0. The average molecular weight is 359 g/mol. The fraction of sp³-hybridized carbons (Fsp3) is 0.292. The lowest BCUT2D eigenvalue weighted by molar-refractivity contribution is 0.0510. The Balaban J connectivity index is 1.51. The minimum absolute atomic E-state index is 0.128. The third-order valence-corrected chi connectivity index (χ3v) is 5.55. The summed E-state index contributed by atoms with van der Waals surface area (Å²) in [4.78, 5) is 14.8. The van der Waals surface area contributed by atoms with Crippen molar-refractivity contribution in [3.63, 3.8) is 0 Å². The Bertz CT molecular complexity index is 856. The first-order valence-electron chi connectivity index (χ1n) is 9.67. The van der Waals surface area contributed by atoms with E-state index in [-0.39, 0.29) is 18.2 Å². The van der Waals surface area contributed by atoms with Gasteiger partial charge in [0.15, 0.2) is 0 Å². The summed E-state index contributed by atoms with van der Waals surface area (Å²) in [6.07, 6.45) is 8.04. The molecule has 0 saturated carbocycles. The number of fused-ring (bicyclic) bond motifs is 2. The van der Waals surface area contributed by atoms with Crippen LogP contribution >= 0.6 is 0 Å². The van der Waals surface area contributed by atoms with Crippen molar-refractivity contribution in [3.05, 3.63) is 83.9 Å². The highest BCUT2D eigenvalue weighted by molar-refractivity contribution is 5.75. The van der Waals surface area contributed by atoms with Gasteiger partial charge in [-0.1, -0.05) is 67.3 Å². The molecule has 2 atom stereocenters. The summed E-state index contributed by atoms with van der Waals surface area (Å²) >= 11 is 0. The second-order valence-electron chi connectivity index (χ2n) is 7.33. The number of ether oxygens (including phenoxy) is 1. The van der Waals surface area contributed by atoms with Gasteiger partial charge in [-0.3, -0.25) is 4.90 Å². The zero-order chi connectivity index (χ0) is 18.6. The zero-order valence-electron chi connectivity index (χ0n) is 15.5. The first kappa shape index (κ1) is 17.6. The number of carbonyl (C=O) groups excluding carboxylic acids is 1. The van der Waals surface area contributed by atoms with Gasteiger partial charge in [0.05, 0.1) is 6.04 Å². The normalized spacial score (nSPS) is 21.3. The molecule has 2 aromatic carbocycles. The standard InChI is InChI=1S/C24H25NO2/c1-2-18-10-6-11-20(14-18)21-15-22-12-7-13-23(16-21)25(22)24(26)27-17-19-8-4-3-5-9-19/h2-6,8-11,14-15,22-23H,1,7,12-13,16-17H2. The van der Waals surface area contributed by atoms with Crippen molar-refractivity contribution in [3.8, 4) is 0 Å². The van der Waals surface area contributed by atoms with Crippen LogP contribution in [-0.4, -0.2) is 23.1 Å². The number of amides is 1. The van der Waals surface area contributed by atoms with E-state index in [9.17, 15) is 4.79 Å². The molecule has 4 rings (SSSR count). The maximum absolute atomic E-state index is 12.8. The first-order valence-corrected chi connectivity index (χ1v) is 9.67. The second-order valence-corrected chi connectivity index (χ2v) is 7.33. The molecular weight excluding hydrogens is 334 g/mol. The lowest BCUT2D eigenvalue weighted by Crippen LogP contribution is -2.51. The van der Waals surface area contributed by atoms with Gasteiger partial charge in [-0.05, 0) is 54.0 Å². The maximum Gasteiger partial charge on any atom is 0.410 e. The molecule has 1 amide bonds. The van der Waals surface area contributed by atoms with Gasteiger partial charge in [-0.2, -0.15) is 0 Å². The van der Waals surface area contributed by atoms with Gasteiger partial charge in [0.25, 0.3) is 0 Å². The topological polar surface area (TPSA) is 29.5 Å². The molecule has 138 valence electrons. The Kier molecular flexibility index (Phi) is 5.10. The van der Waals surface area contributed by atoms with Gasteiger partial charge in [-0.15, -0.1) is 0 Å². The fourth-order valence-electron chi connectivity index (χ4n) is 4.19. The smallest absolute Gasteiger partial charge is 0.410 e. The molecule has 0 radical (unpaired) electrons. The van der Waals surface area contributed by atoms with Crippen molar-refractivity contribution in [2.75, 3.05) is 0 Å². The van der Waals surface area contributed by atoms with Gasteiger partial charge in [0.1, 0.15) is 6.61 Å². The Morgan fingerprint density at radius 2 is 2.00 bits per heavy atom. The Morgan fingerprint density at radius 3 is 2.78 bits per heavy atom. The van der Waals surface area contributed by atoms with Gasteiger partial charge < -0.3 is 4.74 Å². The molecule has 3 nitrogen and oxygen atoms in total. The summed E-state index contributed by atoms with van der Waals surface area (Å²) in [6, 6.07) is 18.7. The molecule has 2 unspecified atom stereocenters. The van der Waals surface area contributed by atoms with Gasteiger partial charge in [-0.25, -0.2) is 4.79 Å². The van der Waals surface area contributed by atoms with Crippen LogP contribution in [0.3, 0.4) is 0 Å². The van der Waals surface area contributed by atoms with Crippen LogP contribution in [0.2, 0.25) is 0 Å². The molecule has 27 heavy (non-hydrogen) atoms. The van der Waals surface area contributed by atoms with E-state index in [0.717, 1.165) is 36.8 Å². The third-order valence-electron chi connectivity index (χ3n) is 5.55. The molecule has 0 aromatic heterocycles. The summed E-state index contributed by atoms with van der Waals surface area (Å²) in [6.45, 7) is 4.19. The molecular formula is C24H25NO2. The number of carbonyl (C=O) groups is 1. The van der Waals surface area contributed by atoms with Gasteiger partial charge in [0, 0.05) is 6.04 Å². The molecule has 1 saturated heterocycles. The monoisotopic (exact) mass is 359 g/mol. The van der Waals surface area contributed by atoms with Crippen molar-refractivity contribution >= 4 is 17.7 Å². The minimum Gasteiger partial charge on any atom is -0.445 e. The van der Waals surface area contributed by atoms with E-state index in [0.29, 0.717) is 6.61 Å². The minimum atomic E-state index is -0.191. The van der Waals surface area contributed by atoms with E-state index < -0.39 is 0 Å². The Labute approximate surface area is 161 Å². The maximum atomic E-state index is 12.8. The van der Waals surface area contributed by atoms with Crippen LogP contribution < -0.4 is 0 Å². The highest BCUT2D eigenvalue weighted by atomic mass is 16.6. The summed E-state index contributed by atoms with van der Waals surface area (Å²) in [5.74, 6) is 0. The molecule has 0 aliphatic carbocycles. The average Bonchev–Trinajstić information content (AvgIpc) is 2.72. The van der Waals surface area contributed by atoms with Crippen molar-refractivity contribution in [1.82, 2.24) is 4.90 Å². The third kappa shape index (κ3) is 3.82. The SMILES string of the molecule is C=Cc1cccc(C2=CC3CCCC(C2)N3C(=O)OCc2ccccc2)c1. The van der Waals surface area contributed by atoms with Gasteiger partial charge in [0.2, 0.25) is 0 Å². The number of hydrogen-bond acceptors (Lipinski definition) is 2. The first-order chi connectivity index (χ1) is 13.2.